The van der Waals surface area contributed by atoms with Gasteiger partial charge < -0.3 is 9.64 Å². The van der Waals surface area contributed by atoms with E-state index in [2.05, 4.69) is 9.88 Å². The van der Waals surface area contributed by atoms with E-state index >= 15 is 0 Å². The molecule has 7 heteroatoms. The third kappa shape index (κ3) is 4.73. The molecule has 6 nitrogen and oxygen atoms in total. The van der Waals surface area contributed by atoms with E-state index in [1.807, 2.05) is 30.3 Å². The van der Waals surface area contributed by atoms with E-state index in [0.29, 0.717) is 36.3 Å². The van der Waals surface area contributed by atoms with Crippen LogP contribution >= 0.6 is 0 Å². The van der Waals surface area contributed by atoms with Crippen LogP contribution in [0.2, 0.25) is 0 Å². The van der Waals surface area contributed by atoms with E-state index in [9.17, 15) is 8.42 Å². The maximum absolute atomic E-state index is 13.3. The van der Waals surface area contributed by atoms with Gasteiger partial charge in [0.15, 0.2) is 0 Å². The molecule has 0 N–H and O–H groups in total. The zero-order valence-corrected chi connectivity index (χ0v) is 17.6. The third-order valence-electron chi connectivity index (χ3n) is 5.73. The number of nitrogens with zero attached hydrogens (tertiary/aromatic N) is 3. The monoisotopic (exact) mass is 415 g/mol. The second-order valence-electron chi connectivity index (χ2n) is 7.87. The third-order valence-corrected chi connectivity index (χ3v) is 7.65. The van der Waals surface area contributed by atoms with E-state index in [0.717, 1.165) is 50.9 Å². The van der Waals surface area contributed by atoms with Crippen molar-refractivity contribution in [3.63, 3.8) is 0 Å². The average Bonchev–Trinajstić information content (AvgIpc) is 2.79. The largest absolute Gasteiger partial charge is 0.493 e. The van der Waals surface area contributed by atoms with Gasteiger partial charge in [-0.25, -0.2) is 13.4 Å². The Morgan fingerprint density at radius 1 is 0.966 bits per heavy atom. The van der Waals surface area contributed by atoms with Gasteiger partial charge in [0.2, 0.25) is 10.0 Å². The molecular weight excluding hydrogens is 386 g/mol. The van der Waals surface area contributed by atoms with Gasteiger partial charge in [0, 0.05) is 38.3 Å². The van der Waals surface area contributed by atoms with Crippen LogP contribution in [-0.2, 0) is 10.0 Å². The van der Waals surface area contributed by atoms with Crippen LogP contribution < -0.4 is 9.64 Å². The van der Waals surface area contributed by atoms with Gasteiger partial charge in [-0.1, -0.05) is 24.6 Å². The van der Waals surface area contributed by atoms with E-state index in [4.69, 9.17) is 4.74 Å². The number of rotatable bonds is 6. The number of anilines is 1. The number of benzene rings is 1. The Morgan fingerprint density at radius 2 is 1.76 bits per heavy atom. The fourth-order valence-electron chi connectivity index (χ4n) is 4.19. The zero-order valence-electron chi connectivity index (χ0n) is 16.7. The first-order valence-corrected chi connectivity index (χ1v) is 12.0. The molecular formula is C22H29N3O3S. The van der Waals surface area contributed by atoms with Crippen molar-refractivity contribution in [2.45, 2.75) is 37.0 Å². The molecule has 0 spiro atoms. The molecule has 2 fully saturated rings. The Morgan fingerprint density at radius 3 is 2.55 bits per heavy atom. The minimum absolute atomic E-state index is 0.339. The number of pyridine rings is 1. The summed E-state index contributed by atoms with van der Waals surface area (Å²) in [6, 6.07) is 13.3. The summed E-state index contributed by atoms with van der Waals surface area (Å²) in [5.41, 5.74) is 0. The lowest BCUT2D eigenvalue weighted by atomic mass is 9.99. The highest BCUT2D eigenvalue weighted by molar-refractivity contribution is 7.89. The predicted octanol–water partition coefficient (Wildman–Crippen LogP) is 3.55. The lowest BCUT2D eigenvalue weighted by Crippen LogP contribution is -2.40. The van der Waals surface area contributed by atoms with E-state index in [1.165, 1.54) is 0 Å². The molecule has 29 heavy (non-hydrogen) atoms. The number of para-hydroxylation sites is 1. The first-order valence-electron chi connectivity index (χ1n) is 10.5. The summed E-state index contributed by atoms with van der Waals surface area (Å²) in [6.07, 6.45) is 6.72. The van der Waals surface area contributed by atoms with E-state index in [1.54, 1.807) is 22.6 Å². The molecule has 0 bridgehead atoms. The van der Waals surface area contributed by atoms with E-state index < -0.39 is 10.0 Å². The molecule has 0 radical (unpaired) electrons. The standard InChI is InChI=1S/C22H29N3O3S/c26-29(27,25-15-5-2-6-16-25)21-12-7-13-23-22(21)24-14-8-9-19(17-24)18-28-20-10-3-1-4-11-20/h1,3-4,7,10-13,19H,2,5-6,8-9,14-18H2. The van der Waals surface area contributed by atoms with Gasteiger partial charge >= 0.3 is 0 Å². The van der Waals surface area contributed by atoms with Crippen molar-refractivity contribution in [3.05, 3.63) is 48.7 Å². The second kappa shape index (κ2) is 9.13. The van der Waals surface area contributed by atoms with Gasteiger partial charge in [0.05, 0.1) is 6.61 Å². The minimum Gasteiger partial charge on any atom is -0.493 e. The van der Waals surface area contributed by atoms with Crippen LogP contribution in [0.15, 0.2) is 53.6 Å². The summed E-state index contributed by atoms with van der Waals surface area (Å²) < 4.78 is 34.1. The lowest BCUT2D eigenvalue weighted by molar-refractivity contribution is 0.228. The van der Waals surface area contributed by atoms with Crippen LogP contribution in [0.5, 0.6) is 5.75 Å². The highest BCUT2D eigenvalue weighted by Gasteiger charge is 2.32. The molecule has 156 valence electrons. The topological polar surface area (TPSA) is 62.7 Å². The molecule has 1 aromatic carbocycles. The molecule has 4 rings (SSSR count). The number of sulfonamides is 1. The fraction of sp³-hybridized carbons (Fsp3) is 0.500. The molecule has 1 atom stereocenters. The van der Waals surface area contributed by atoms with Crippen molar-refractivity contribution in [3.8, 4) is 5.75 Å². The molecule has 0 amide bonds. The number of hydrogen-bond donors (Lipinski definition) is 0. The van der Waals surface area contributed by atoms with Crippen molar-refractivity contribution in [2.75, 3.05) is 37.7 Å². The van der Waals surface area contributed by atoms with Crippen LogP contribution in [0.25, 0.3) is 0 Å². The molecule has 1 unspecified atom stereocenters. The SMILES string of the molecule is O=S(=O)(c1cccnc1N1CCCC(COc2ccccc2)C1)N1CCCCC1. The molecule has 2 saturated heterocycles. The zero-order chi connectivity index (χ0) is 20.1. The van der Waals surface area contributed by atoms with Crippen molar-refractivity contribution >= 4 is 15.8 Å². The molecule has 2 aromatic rings. The summed E-state index contributed by atoms with van der Waals surface area (Å²) in [4.78, 5) is 6.96. The van der Waals surface area contributed by atoms with Gasteiger partial charge in [0.25, 0.3) is 0 Å². The van der Waals surface area contributed by atoms with Gasteiger partial charge in [-0.15, -0.1) is 0 Å². The first kappa shape index (κ1) is 20.2. The van der Waals surface area contributed by atoms with Crippen LogP contribution in [0.3, 0.4) is 0 Å². The summed E-state index contributed by atoms with van der Waals surface area (Å²) in [5, 5.41) is 0. The Hall–Kier alpha value is -2.12. The lowest BCUT2D eigenvalue weighted by Gasteiger charge is -2.35. The smallest absolute Gasteiger partial charge is 0.246 e. The highest BCUT2D eigenvalue weighted by atomic mass is 32.2. The van der Waals surface area contributed by atoms with Gasteiger partial charge in [0.1, 0.15) is 16.5 Å². The van der Waals surface area contributed by atoms with Crippen molar-refractivity contribution < 1.29 is 13.2 Å². The number of ether oxygens (including phenoxy) is 1. The molecule has 1 aromatic heterocycles. The quantitative estimate of drug-likeness (QED) is 0.722. The molecule has 0 saturated carbocycles. The Bertz CT molecular complexity index is 899. The molecule has 2 aliphatic heterocycles. The fourth-order valence-corrected chi connectivity index (χ4v) is 5.87. The van der Waals surface area contributed by atoms with Gasteiger partial charge in [-0.3, -0.25) is 0 Å². The van der Waals surface area contributed by atoms with Crippen molar-refractivity contribution in [1.82, 2.24) is 9.29 Å². The van der Waals surface area contributed by atoms with Crippen LogP contribution in [0.4, 0.5) is 5.82 Å². The van der Waals surface area contributed by atoms with Gasteiger partial charge in [-0.05, 0) is 49.9 Å². The van der Waals surface area contributed by atoms with Crippen molar-refractivity contribution in [1.29, 1.82) is 0 Å². The van der Waals surface area contributed by atoms with Crippen LogP contribution in [0, 0.1) is 5.92 Å². The summed E-state index contributed by atoms with van der Waals surface area (Å²) in [7, 11) is -3.52. The van der Waals surface area contributed by atoms with E-state index in [-0.39, 0.29) is 0 Å². The Labute approximate surface area is 173 Å². The van der Waals surface area contributed by atoms with Gasteiger partial charge in [-0.2, -0.15) is 4.31 Å². The summed E-state index contributed by atoms with van der Waals surface area (Å²) in [6.45, 7) is 3.41. The normalized spacial score (nSPS) is 21.1. The average molecular weight is 416 g/mol. The van der Waals surface area contributed by atoms with Crippen molar-refractivity contribution in [2.24, 2.45) is 5.92 Å². The summed E-state index contributed by atoms with van der Waals surface area (Å²) >= 11 is 0. The maximum Gasteiger partial charge on any atom is 0.246 e. The second-order valence-corrected chi connectivity index (χ2v) is 9.77. The molecule has 0 aliphatic carbocycles. The molecule has 2 aliphatic rings. The minimum atomic E-state index is -3.52. The Balaban J connectivity index is 1.49. The number of piperidine rings is 2. The van der Waals surface area contributed by atoms with Crippen LogP contribution in [-0.4, -0.2) is 50.5 Å². The maximum atomic E-state index is 13.3. The Kier molecular flexibility index (Phi) is 6.35. The number of aromatic nitrogens is 1. The van der Waals surface area contributed by atoms with Crippen LogP contribution in [0.1, 0.15) is 32.1 Å². The summed E-state index contributed by atoms with van der Waals surface area (Å²) in [5.74, 6) is 1.80. The predicted molar refractivity (Wildman–Crippen MR) is 114 cm³/mol. The first-order chi connectivity index (χ1) is 14.1. The number of hydrogen-bond acceptors (Lipinski definition) is 5. The highest BCUT2D eigenvalue weighted by Crippen LogP contribution is 2.30. The molecule has 3 heterocycles.